The third kappa shape index (κ3) is 4.16. The van der Waals surface area contributed by atoms with Crippen LogP contribution >= 0.6 is 0 Å². The number of hydrogen-bond acceptors (Lipinski definition) is 4. The fourth-order valence-corrected chi connectivity index (χ4v) is 3.08. The summed E-state index contributed by atoms with van der Waals surface area (Å²) in [6.07, 6.45) is 1.27. The molecule has 6 heteroatoms. The number of carbonyl (C=O) groups is 1. The minimum absolute atomic E-state index is 0.0876. The second-order valence-corrected chi connectivity index (χ2v) is 6.45. The van der Waals surface area contributed by atoms with Crippen molar-refractivity contribution >= 4 is 5.91 Å². The second kappa shape index (κ2) is 7.61. The van der Waals surface area contributed by atoms with E-state index >= 15 is 0 Å². The van der Waals surface area contributed by atoms with Crippen molar-refractivity contribution in [3.8, 4) is 5.75 Å². The molecule has 27 heavy (non-hydrogen) atoms. The number of halogens is 1. The van der Waals surface area contributed by atoms with E-state index in [2.05, 4.69) is 4.98 Å². The molecule has 0 atom stereocenters. The first-order chi connectivity index (χ1) is 13.2. The summed E-state index contributed by atoms with van der Waals surface area (Å²) >= 11 is 0. The van der Waals surface area contributed by atoms with Gasteiger partial charge in [0.05, 0.1) is 6.54 Å². The number of oxazole rings is 1. The highest BCUT2D eigenvalue weighted by molar-refractivity contribution is 5.78. The van der Waals surface area contributed by atoms with Gasteiger partial charge in [-0.2, -0.15) is 0 Å². The van der Waals surface area contributed by atoms with Gasteiger partial charge in [0.2, 0.25) is 0 Å². The van der Waals surface area contributed by atoms with Crippen LogP contribution in [-0.4, -0.2) is 28.9 Å². The summed E-state index contributed by atoms with van der Waals surface area (Å²) in [6, 6.07) is 15.6. The molecule has 138 valence electrons. The molecule has 5 nitrogen and oxygen atoms in total. The fourth-order valence-electron chi connectivity index (χ4n) is 3.08. The summed E-state index contributed by atoms with van der Waals surface area (Å²) in [5.41, 5.74) is 1.94. The lowest BCUT2D eigenvalue weighted by Crippen LogP contribution is -2.38. The third-order valence-corrected chi connectivity index (χ3v) is 4.50. The fraction of sp³-hybridized carbons (Fsp3) is 0.238. The number of nitrogens with zero attached hydrogens (tertiary/aromatic N) is 2. The highest BCUT2D eigenvalue weighted by atomic mass is 19.1. The molecular formula is C21H19FN2O3. The average molecular weight is 366 g/mol. The maximum atomic E-state index is 12.9. The van der Waals surface area contributed by atoms with Crippen molar-refractivity contribution in [3.63, 3.8) is 0 Å². The number of hydrogen-bond donors (Lipinski definition) is 0. The average Bonchev–Trinajstić information content (AvgIpc) is 3.09. The molecule has 3 aromatic rings. The van der Waals surface area contributed by atoms with Gasteiger partial charge in [-0.3, -0.25) is 4.79 Å². The van der Waals surface area contributed by atoms with E-state index in [0.717, 1.165) is 17.0 Å². The molecule has 0 unspecified atom stereocenters. The number of fused-ring (bicyclic) bond motifs is 1. The normalized spacial score (nSPS) is 13.3. The SMILES string of the molecule is O=C(COc1ccc(F)cc1)N1CCc2oc(Cc3ccccc3)nc2C1. The lowest BCUT2D eigenvalue weighted by Gasteiger charge is -2.25. The molecule has 0 N–H and O–H groups in total. The van der Waals surface area contributed by atoms with Gasteiger partial charge in [-0.15, -0.1) is 0 Å². The molecule has 0 saturated heterocycles. The molecule has 0 aliphatic carbocycles. The van der Waals surface area contributed by atoms with E-state index in [9.17, 15) is 9.18 Å². The minimum Gasteiger partial charge on any atom is -0.484 e. The number of carbonyl (C=O) groups excluding carboxylic acids is 1. The molecule has 2 heterocycles. The zero-order valence-electron chi connectivity index (χ0n) is 14.7. The monoisotopic (exact) mass is 366 g/mol. The Hall–Kier alpha value is -3.15. The summed E-state index contributed by atoms with van der Waals surface area (Å²) in [6.45, 7) is 0.896. The lowest BCUT2D eigenvalue weighted by atomic mass is 10.1. The smallest absolute Gasteiger partial charge is 0.260 e. The van der Waals surface area contributed by atoms with E-state index in [0.29, 0.717) is 37.6 Å². The third-order valence-electron chi connectivity index (χ3n) is 4.50. The highest BCUT2D eigenvalue weighted by Gasteiger charge is 2.25. The molecule has 2 aromatic carbocycles. The van der Waals surface area contributed by atoms with Gasteiger partial charge >= 0.3 is 0 Å². The zero-order valence-corrected chi connectivity index (χ0v) is 14.7. The van der Waals surface area contributed by atoms with E-state index in [1.165, 1.54) is 24.3 Å². The summed E-state index contributed by atoms with van der Waals surface area (Å²) in [7, 11) is 0. The van der Waals surface area contributed by atoms with Crippen LogP contribution in [0.15, 0.2) is 59.0 Å². The van der Waals surface area contributed by atoms with Crippen LogP contribution in [0.1, 0.15) is 22.9 Å². The molecule has 0 saturated carbocycles. The first-order valence-corrected chi connectivity index (χ1v) is 8.85. The molecule has 0 radical (unpaired) electrons. The zero-order chi connectivity index (χ0) is 18.6. The number of ether oxygens (including phenoxy) is 1. The maximum absolute atomic E-state index is 12.9. The van der Waals surface area contributed by atoms with Crippen molar-refractivity contribution in [1.29, 1.82) is 0 Å². The van der Waals surface area contributed by atoms with Crippen molar-refractivity contribution in [1.82, 2.24) is 9.88 Å². The Labute approximate surface area is 156 Å². The standard InChI is InChI=1S/C21H19FN2O3/c22-16-6-8-17(9-7-16)26-14-21(25)24-11-10-19-18(13-24)23-20(27-19)12-15-4-2-1-3-5-15/h1-9H,10-14H2. The molecule has 1 aromatic heterocycles. The molecule has 1 amide bonds. The first-order valence-electron chi connectivity index (χ1n) is 8.85. The Morgan fingerprint density at radius 3 is 2.70 bits per heavy atom. The maximum Gasteiger partial charge on any atom is 0.260 e. The lowest BCUT2D eigenvalue weighted by molar-refractivity contribution is -0.134. The predicted molar refractivity (Wildman–Crippen MR) is 96.8 cm³/mol. The van der Waals surface area contributed by atoms with Crippen LogP contribution in [-0.2, 0) is 24.2 Å². The van der Waals surface area contributed by atoms with Gasteiger partial charge in [0, 0.05) is 19.4 Å². The van der Waals surface area contributed by atoms with E-state index in [1.807, 2.05) is 30.3 Å². The predicted octanol–water partition coefficient (Wildman–Crippen LogP) is 3.37. The molecule has 0 spiro atoms. The molecule has 1 aliphatic heterocycles. The van der Waals surface area contributed by atoms with Crippen LogP contribution in [0, 0.1) is 5.82 Å². The molecule has 4 rings (SSSR count). The Bertz CT molecular complexity index is 922. The number of amides is 1. The summed E-state index contributed by atoms with van der Waals surface area (Å²) in [4.78, 5) is 18.7. The van der Waals surface area contributed by atoms with Gasteiger partial charge < -0.3 is 14.1 Å². The molecule has 1 aliphatic rings. The summed E-state index contributed by atoms with van der Waals surface area (Å²) in [5.74, 6) is 1.52. The van der Waals surface area contributed by atoms with Gasteiger partial charge in [-0.1, -0.05) is 30.3 Å². The van der Waals surface area contributed by atoms with E-state index in [4.69, 9.17) is 9.15 Å². The van der Waals surface area contributed by atoms with Crippen LogP contribution in [0.2, 0.25) is 0 Å². The first kappa shape index (κ1) is 17.3. The molecule has 0 fully saturated rings. The van der Waals surface area contributed by atoms with Crippen molar-refractivity contribution < 1.29 is 18.3 Å². The van der Waals surface area contributed by atoms with Crippen LogP contribution < -0.4 is 4.74 Å². The van der Waals surface area contributed by atoms with Gasteiger partial charge in [-0.05, 0) is 29.8 Å². The Kier molecular flexibility index (Phi) is 4.87. The van der Waals surface area contributed by atoms with Gasteiger partial charge in [-0.25, -0.2) is 9.37 Å². The minimum atomic E-state index is -0.338. The molecular weight excluding hydrogens is 347 g/mol. The van der Waals surface area contributed by atoms with Gasteiger partial charge in [0.15, 0.2) is 12.5 Å². The van der Waals surface area contributed by atoms with Crippen molar-refractivity contribution in [2.24, 2.45) is 0 Å². The molecule has 0 bridgehead atoms. The number of benzene rings is 2. The van der Waals surface area contributed by atoms with Gasteiger partial charge in [0.1, 0.15) is 23.0 Å². The Balaban J connectivity index is 1.36. The van der Waals surface area contributed by atoms with E-state index < -0.39 is 0 Å². The van der Waals surface area contributed by atoms with Crippen molar-refractivity contribution in [2.75, 3.05) is 13.2 Å². The highest BCUT2D eigenvalue weighted by Crippen LogP contribution is 2.22. The van der Waals surface area contributed by atoms with Crippen LogP contribution in [0.5, 0.6) is 5.75 Å². The van der Waals surface area contributed by atoms with Crippen LogP contribution in [0.3, 0.4) is 0 Å². The number of rotatable bonds is 5. The van der Waals surface area contributed by atoms with E-state index in [1.54, 1.807) is 4.90 Å². The van der Waals surface area contributed by atoms with Crippen molar-refractivity contribution in [3.05, 3.63) is 83.3 Å². The van der Waals surface area contributed by atoms with Crippen molar-refractivity contribution in [2.45, 2.75) is 19.4 Å². The van der Waals surface area contributed by atoms with Gasteiger partial charge in [0.25, 0.3) is 5.91 Å². The quantitative estimate of drug-likeness (QED) is 0.695. The van der Waals surface area contributed by atoms with E-state index in [-0.39, 0.29) is 18.3 Å². The van der Waals surface area contributed by atoms with Crippen LogP contribution in [0.25, 0.3) is 0 Å². The van der Waals surface area contributed by atoms with Crippen LogP contribution in [0.4, 0.5) is 4.39 Å². The largest absolute Gasteiger partial charge is 0.484 e. The Morgan fingerprint density at radius 2 is 1.93 bits per heavy atom. The topological polar surface area (TPSA) is 55.6 Å². The second-order valence-electron chi connectivity index (χ2n) is 6.45. The number of aromatic nitrogens is 1. The summed E-state index contributed by atoms with van der Waals surface area (Å²) in [5, 5.41) is 0. The Morgan fingerprint density at radius 1 is 1.15 bits per heavy atom. The summed E-state index contributed by atoms with van der Waals surface area (Å²) < 4.78 is 24.2.